The van der Waals surface area contributed by atoms with Crippen molar-refractivity contribution in [2.45, 2.75) is 32.9 Å². The number of nitrogens with one attached hydrogen (secondary N) is 1. The molecule has 0 saturated heterocycles. The third-order valence-electron chi connectivity index (χ3n) is 2.32. The van der Waals surface area contributed by atoms with Gasteiger partial charge in [-0.3, -0.25) is 9.69 Å². The van der Waals surface area contributed by atoms with Crippen LogP contribution in [0.4, 0.5) is 0 Å². The Morgan fingerprint density at radius 1 is 1.53 bits per heavy atom. The number of carbonyl (C=O) groups excluding carboxylic acids is 1. The van der Waals surface area contributed by atoms with Crippen LogP contribution >= 0.6 is 0 Å². The minimum atomic E-state index is -0.225. The highest BCUT2D eigenvalue weighted by atomic mass is 16.3. The van der Waals surface area contributed by atoms with E-state index in [0.717, 1.165) is 0 Å². The number of amides is 1. The van der Waals surface area contributed by atoms with E-state index in [4.69, 9.17) is 5.11 Å². The van der Waals surface area contributed by atoms with Crippen molar-refractivity contribution in [2.24, 2.45) is 0 Å². The van der Waals surface area contributed by atoms with E-state index in [9.17, 15) is 4.79 Å². The molecular weight excluding hydrogens is 192 g/mol. The van der Waals surface area contributed by atoms with Crippen molar-refractivity contribution in [3.05, 3.63) is 12.7 Å². The van der Waals surface area contributed by atoms with Crippen LogP contribution in [0.1, 0.15) is 20.8 Å². The van der Waals surface area contributed by atoms with Gasteiger partial charge in [0.2, 0.25) is 5.91 Å². The van der Waals surface area contributed by atoms with E-state index in [0.29, 0.717) is 13.1 Å². The van der Waals surface area contributed by atoms with Gasteiger partial charge in [0.25, 0.3) is 0 Å². The fraction of sp³-hybridized carbons (Fsp3) is 0.727. The summed E-state index contributed by atoms with van der Waals surface area (Å²) < 4.78 is 0. The molecule has 0 aromatic carbocycles. The molecule has 0 rings (SSSR count). The van der Waals surface area contributed by atoms with Crippen molar-refractivity contribution in [2.75, 3.05) is 19.7 Å². The van der Waals surface area contributed by atoms with E-state index in [-0.39, 0.29) is 24.6 Å². The molecule has 0 aromatic rings. The zero-order chi connectivity index (χ0) is 11.8. The highest BCUT2D eigenvalue weighted by Gasteiger charge is 2.22. The van der Waals surface area contributed by atoms with E-state index in [1.165, 1.54) is 0 Å². The summed E-state index contributed by atoms with van der Waals surface area (Å²) in [6.07, 6.45) is 1.65. The van der Waals surface area contributed by atoms with Gasteiger partial charge in [0.05, 0.1) is 12.6 Å². The molecule has 1 unspecified atom stereocenters. The summed E-state index contributed by atoms with van der Waals surface area (Å²) in [6.45, 7) is 10.5. The standard InChI is InChI=1S/C11H22N2O2/c1-5-6-12-11(15)10(4)13(7-8-14)9(2)3/h5,9-10,14H,1,6-8H2,2-4H3,(H,12,15). The van der Waals surface area contributed by atoms with Crippen molar-refractivity contribution in [3.8, 4) is 0 Å². The topological polar surface area (TPSA) is 52.6 Å². The first kappa shape index (κ1) is 14.1. The lowest BCUT2D eigenvalue weighted by atomic mass is 10.2. The molecule has 0 fully saturated rings. The van der Waals surface area contributed by atoms with E-state index in [2.05, 4.69) is 11.9 Å². The Kier molecular flexibility index (Phi) is 6.99. The summed E-state index contributed by atoms with van der Waals surface area (Å²) in [5.74, 6) is -0.0305. The molecule has 15 heavy (non-hydrogen) atoms. The SMILES string of the molecule is C=CCNC(=O)C(C)N(CCO)C(C)C. The number of carbonyl (C=O) groups is 1. The van der Waals surface area contributed by atoms with Crippen LogP contribution < -0.4 is 5.32 Å². The predicted octanol–water partition coefficient (Wildman–Crippen LogP) is 0.380. The average Bonchev–Trinajstić information content (AvgIpc) is 2.21. The summed E-state index contributed by atoms with van der Waals surface area (Å²) in [6, 6.07) is 0.0127. The summed E-state index contributed by atoms with van der Waals surface area (Å²) in [5, 5.41) is 11.6. The van der Waals surface area contributed by atoms with Crippen LogP contribution in [0, 0.1) is 0 Å². The van der Waals surface area contributed by atoms with E-state index < -0.39 is 0 Å². The molecular formula is C11H22N2O2. The number of rotatable bonds is 7. The Bertz CT molecular complexity index is 205. The highest BCUT2D eigenvalue weighted by Crippen LogP contribution is 2.04. The second-order valence-corrected chi connectivity index (χ2v) is 3.76. The molecule has 0 aliphatic rings. The first-order chi connectivity index (χ1) is 7.04. The van der Waals surface area contributed by atoms with Crippen LogP contribution in [-0.2, 0) is 4.79 Å². The van der Waals surface area contributed by atoms with Gasteiger partial charge >= 0.3 is 0 Å². The lowest BCUT2D eigenvalue weighted by Gasteiger charge is -2.30. The second kappa shape index (κ2) is 7.43. The van der Waals surface area contributed by atoms with Crippen LogP contribution in [0.25, 0.3) is 0 Å². The molecule has 1 amide bonds. The van der Waals surface area contributed by atoms with Crippen molar-refractivity contribution in [1.82, 2.24) is 10.2 Å². The van der Waals surface area contributed by atoms with Gasteiger partial charge in [-0.25, -0.2) is 0 Å². The first-order valence-electron chi connectivity index (χ1n) is 5.29. The Morgan fingerprint density at radius 3 is 2.53 bits per heavy atom. The lowest BCUT2D eigenvalue weighted by Crippen LogP contribution is -2.49. The molecule has 0 radical (unpaired) electrons. The maximum Gasteiger partial charge on any atom is 0.237 e. The molecule has 0 aromatic heterocycles. The Hall–Kier alpha value is -0.870. The molecule has 0 spiro atoms. The van der Waals surface area contributed by atoms with Gasteiger partial charge in [-0.2, -0.15) is 0 Å². The third kappa shape index (κ3) is 4.95. The zero-order valence-electron chi connectivity index (χ0n) is 9.86. The molecule has 0 aliphatic carbocycles. The van der Waals surface area contributed by atoms with Crippen LogP contribution in [0.2, 0.25) is 0 Å². The maximum atomic E-state index is 11.6. The van der Waals surface area contributed by atoms with Crippen LogP contribution in [0.15, 0.2) is 12.7 Å². The fourth-order valence-corrected chi connectivity index (χ4v) is 1.49. The van der Waals surface area contributed by atoms with Gasteiger partial charge in [-0.15, -0.1) is 6.58 Å². The molecule has 0 aliphatic heterocycles. The Labute approximate surface area is 92.0 Å². The molecule has 0 saturated carbocycles. The third-order valence-corrected chi connectivity index (χ3v) is 2.32. The molecule has 88 valence electrons. The van der Waals surface area contributed by atoms with E-state index in [1.54, 1.807) is 6.08 Å². The normalized spacial score (nSPS) is 12.9. The number of hydrogen-bond acceptors (Lipinski definition) is 3. The van der Waals surface area contributed by atoms with Crippen molar-refractivity contribution in [3.63, 3.8) is 0 Å². The van der Waals surface area contributed by atoms with Gasteiger partial charge in [-0.05, 0) is 20.8 Å². The van der Waals surface area contributed by atoms with Crippen LogP contribution in [0.3, 0.4) is 0 Å². The quantitative estimate of drug-likeness (QED) is 0.602. The molecule has 4 nitrogen and oxygen atoms in total. The lowest BCUT2D eigenvalue weighted by molar-refractivity contribution is -0.126. The molecule has 2 N–H and O–H groups in total. The molecule has 1 atom stereocenters. The summed E-state index contributed by atoms with van der Waals surface area (Å²) in [7, 11) is 0. The maximum absolute atomic E-state index is 11.6. The molecule has 0 heterocycles. The fourth-order valence-electron chi connectivity index (χ4n) is 1.49. The number of aliphatic hydroxyl groups is 1. The average molecular weight is 214 g/mol. The van der Waals surface area contributed by atoms with E-state index >= 15 is 0 Å². The molecule has 0 bridgehead atoms. The monoisotopic (exact) mass is 214 g/mol. The molecule has 4 heteroatoms. The minimum absolute atomic E-state index is 0.0305. The smallest absolute Gasteiger partial charge is 0.237 e. The highest BCUT2D eigenvalue weighted by molar-refractivity contribution is 5.81. The van der Waals surface area contributed by atoms with Crippen LogP contribution in [-0.4, -0.2) is 47.7 Å². The largest absolute Gasteiger partial charge is 0.395 e. The van der Waals surface area contributed by atoms with Gasteiger partial charge in [0.1, 0.15) is 0 Å². The summed E-state index contributed by atoms with van der Waals surface area (Å²) in [5.41, 5.74) is 0. The summed E-state index contributed by atoms with van der Waals surface area (Å²) in [4.78, 5) is 13.6. The van der Waals surface area contributed by atoms with Gasteiger partial charge in [0.15, 0.2) is 0 Å². The first-order valence-corrected chi connectivity index (χ1v) is 5.29. The number of aliphatic hydroxyl groups excluding tert-OH is 1. The number of hydrogen-bond donors (Lipinski definition) is 2. The van der Waals surface area contributed by atoms with Gasteiger partial charge in [0, 0.05) is 19.1 Å². The van der Waals surface area contributed by atoms with Crippen LogP contribution in [0.5, 0.6) is 0 Å². The van der Waals surface area contributed by atoms with Gasteiger partial charge in [-0.1, -0.05) is 6.08 Å². The predicted molar refractivity (Wildman–Crippen MR) is 61.6 cm³/mol. The van der Waals surface area contributed by atoms with Gasteiger partial charge < -0.3 is 10.4 Å². The number of nitrogens with zero attached hydrogens (tertiary/aromatic N) is 1. The van der Waals surface area contributed by atoms with Crippen molar-refractivity contribution in [1.29, 1.82) is 0 Å². The van der Waals surface area contributed by atoms with Crippen molar-refractivity contribution >= 4 is 5.91 Å². The Balaban J connectivity index is 4.27. The zero-order valence-corrected chi connectivity index (χ0v) is 9.86. The Morgan fingerprint density at radius 2 is 2.13 bits per heavy atom. The minimum Gasteiger partial charge on any atom is -0.395 e. The second-order valence-electron chi connectivity index (χ2n) is 3.76. The summed E-state index contributed by atoms with van der Waals surface area (Å²) >= 11 is 0. The van der Waals surface area contributed by atoms with E-state index in [1.807, 2.05) is 25.7 Å². The van der Waals surface area contributed by atoms with Crippen molar-refractivity contribution < 1.29 is 9.90 Å².